The van der Waals surface area contributed by atoms with Gasteiger partial charge >= 0.3 is 0 Å². The largest absolute Gasteiger partial charge is 0.485 e. The minimum Gasteiger partial charge on any atom is -0.485 e. The van der Waals surface area contributed by atoms with Gasteiger partial charge in [0.05, 0.1) is 57.6 Å². The van der Waals surface area contributed by atoms with Crippen LogP contribution in [0.5, 0.6) is 11.5 Å². The number of pyridine rings is 6. The van der Waals surface area contributed by atoms with Crippen LogP contribution in [0.1, 0.15) is 17.0 Å². The van der Waals surface area contributed by atoms with Crippen LogP contribution in [0.4, 0.5) is 13.2 Å². The van der Waals surface area contributed by atoms with E-state index in [1.54, 1.807) is 42.7 Å². The fourth-order valence-electron chi connectivity index (χ4n) is 6.33. The molecular formula is C40H24BrF3N7O4V-. The topological polar surface area (TPSA) is 138 Å². The normalized spacial score (nSPS) is 11.6. The summed E-state index contributed by atoms with van der Waals surface area (Å²) in [5.41, 5.74) is 3.14. The van der Waals surface area contributed by atoms with E-state index < -0.39 is 23.0 Å². The molecule has 2 aliphatic rings. The average Bonchev–Trinajstić information content (AvgIpc) is 3.18. The summed E-state index contributed by atoms with van der Waals surface area (Å²) >= 11 is 3.28. The van der Waals surface area contributed by atoms with Gasteiger partial charge in [-0.15, -0.1) is 0 Å². The molecular weight excluding hydrogens is 830 g/mol. The number of benzene rings is 1. The fourth-order valence-corrected chi connectivity index (χ4v) is 6.73. The number of ether oxygens (including phenoxy) is 2. The van der Waals surface area contributed by atoms with E-state index in [1.165, 1.54) is 45.8 Å². The van der Waals surface area contributed by atoms with Crippen molar-refractivity contribution in [2.75, 3.05) is 0 Å². The van der Waals surface area contributed by atoms with Gasteiger partial charge in [-0.3, -0.25) is 38.7 Å². The zero-order chi connectivity index (χ0) is 37.5. The first-order chi connectivity index (χ1) is 26.2. The third kappa shape index (κ3) is 7.01. The van der Waals surface area contributed by atoms with Crippen molar-refractivity contribution in [2.24, 2.45) is 0 Å². The summed E-state index contributed by atoms with van der Waals surface area (Å²) < 4.78 is 56.2. The van der Waals surface area contributed by atoms with Crippen LogP contribution in [0.3, 0.4) is 0 Å². The summed E-state index contributed by atoms with van der Waals surface area (Å²) in [6.45, 7) is 0.224. The molecule has 0 amide bonds. The number of fused-ring (bicyclic) bond motifs is 6. The van der Waals surface area contributed by atoms with E-state index in [1.807, 2.05) is 12.1 Å². The minimum atomic E-state index is -0.738. The van der Waals surface area contributed by atoms with E-state index in [0.717, 1.165) is 24.0 Å². The fraction of sp³-hybridized carbons (Fsp3) is 0.0500. The predicted molar refractivity (Wildman–Crippen MR) is 199 cm³/mol. The maximum Gasteiger partial charge on any atom is 0.269 e. The summed E-state index contributed by atoms with van der Waals surface area (Å²) in [7, 11) is 0. The molecule has 0 fully saturated rings. The summed E-state index contributed by atoms with van der Waals surface area (Å²) in [6, 6.07) is 18.7. The molecule has 0 saturated carbocycles. The van der Waals surface area contributed by atoms with Gasteiger partial charge in [-0.1, -0.05) is 12.1 Å². The van der Waals surface area contributed by atoms with Crippen LogP contribution >= 0.6 is 15.9 Å². The van der Waals surface area contributed by atoms with Crippen LogP contribution in [0.2, 0.25) is 0 Å². The maximum atomic E-state index is 14.3. The number of nitriles is 1. The molecule has 0 bridgehead atoms. The molecule has 0 atom stereocenters. The molecule has 0 N–H and O–H groups in total. The van der Waals surface area contributed by atoms with Gasteiger partial charge < -0.3 is 16.9 Å². The zero-order valence-electron chi connectivity index (χ0n) is 29.0. The Morgan fingerprint density at radius 1 is 0.679 bits per heavy atom. The molecule has 56 heavy (non-hydrogen) atoms. The molecule has 0 unspecified atom stereocenters. The smallest absolute Gasteiger partial charge is 0.269 e. The van der Waals surface area contributed by atoms with E-state index in [4.69, 9.17) is 9.47 Å². The number of hydrogen-bond acceptors (Lipinski definition) is 9. The van der Waals surface area contributed by atoms with Gasteiger partial charge in [-0.05, 0) is 58.4 Å². The van der Waals surface area contributed by atoms with Crippen molar-refractivity contribution in [1.29, 1.82) is 5.26 Å². The molecule has 6 aromatic heterocycles. The molecule has 0 spiro atoms. The van der Waals surface area contributed by atoms with Crippen molar-refractivity contribution in [2.45, 2.75) is 13.2 Å². The van der Waals surface area contributed by atoms with Crippen molar-refractivity contribution < 1.29 is 41.2 Å². The monoisotopic (exact) mass is 853 g/mol. The number of hydrogen-bond donors (Lipinski definition) is 0. The van der Waals surface area contributed by atoms with E-state index in [9.17, 15) is 28.0 Å². The Kier molecular flexibility index (Phi) is 11.4. The zero-order valence-corrected chi connectivity index (χ0v) is 31.9. The number of rotatable bonds is 3. The molecule has 7 aromatic rings. The van der Waals surface area contributed by atoms with Gasteiger partial charge in [0, 0.05) is 65.3 Å². The second-order valence-corrected chi connectivity index (χ2v) is 12.7. The Morgan fingerprint density at radius 3 is 1.75 bits per heavy atom. The average molecular weight is 855 g/mol. The van der Waals surface area contributed by atoms with Crippen molar-refractivity contribution in [3.8, 4) is 62.6 Å². The Morgan fingerprint density at radius 2 is 1.21 bits per heavy atom. The molecule has 2 aliphatic heterocycles. The van der Waals surface area contributed by atoms with Crippen LogP contribution in [0.25, 0.3) is 45.0 Å². The summed E-state index contributed by atoms with van der Waals surface area (Å²) in [5, 5.41) is 9.48. The Hall–Kier alpha value is -6.34. The second kappa shape index (κ2) is 16.2. The third-order valence-corrected chi connectivity index (χ3v) is 9.22. The van der Waals surface area contributed by atoms with Crippen LogP contribution in [-0.2, 0) is 31.8 Å². The van der Waals surface area contributed by atoms with Gasteiger partial charge in [-0.25, -0.2) is 13.2 Å². The predicted octanol–water partition coefficient (Wildman–Crippen LogP) is 7.54. The van der Waals surface area contributed by atoms with Crippen molar-refractivity contribution in [3.05, 3.63) is 171 Å². The summed E-state index contributed by atoms with van der Waals surface area (Å²) in [4.78, 5) is 42.5. The van der Waals surface area contributed by atoms with E-state index in [-0.39, 0.29) is 67.1 Å². The second-order valence-electron chi connectivity index (χ2n) is 11.8. The molecule has 8 heterocycles. The Labute approximate surface area is 336 Å². The van der Waals surface area contributed by atoms with E-state index in [0.29, 0.717) is 50.0 Å². The van der Waals surface area contributed by atoms with Crippen LogP contribution < -0.4 is 20.6 Å². The molecule has 0 aliphatic carbocycles. The minimum absolute atomic E-state index is 0. The number of halogens is 4. The van der Waals surface area contributed by atoms with Crippen LogP contribution in [0.15, 0.2) is 118 Å². The summed E-state index contributed by atoms with van der Waals surface area (Å²) in [5.74, 6) is -0.712. The van der Waals surface area contributed by atoms with Crippen LogP contribution in [0, 0.1) is 36.2 Å². The summed E-state index contributed by atoms with van der Waals surface area (Å²) in [6.07, 6.45) is 8.14. The van der Waals surface area contributed by atoms with Gasteiger partial charge in [-0.2, -0.15) is 5.26 Å². The maximum absolute atomic E-state index is 14.3. The standard InChI is InChI=1S/C23H12F2N4O2.C16H9BrFN3O2.CH3.V/c24-13-7-14(11-27-10-13)29-20-12-31-21-5-2-6-28-22(21)17(20)8-16(23(29)30)15-3-1-4-19(25)18(15)9-26;17-12-5-11-13(8-23-14-2-1-3-20-15(11)14)21(16(12)22)10-4-9(18)6-19-7-10;;/h1-8,10-11H,12H2;1-7H,8H2;1H3;/q;;-1;. The van der Waals surface area contributed by atoms with Crippen molar-refractivity contribution in [1.82, 2.24) is 29.1 Å². The Bertz CT molecular complexity index is 2830. The molecule has 1 radical (unpaired) electrons. The van der Waals surface area contributed by atoms with Gasteiger partial charge in [0.25, 0.3) is 11.1 Å². The van der Waals surface area contributed by atoms with Gasteiger partial charge in [0.1, 0.15) is 59.6 Å². The third-order valence-electron chi connectivity index (χ3n) is 8.66. The quantitative estimate of drug-likeness (QED) is 0.165. The molecule has 16 heteroatoms. The van der Waals surface area contributed by atoms with Crippen molar-refractivity contribution in [3.63, 3.8) is 0 Å². The molecule has 11 nitrogen and oxygen atoms in total. The van der Waals surface area contributed by atoms with Gasteiger partial charge in [0.15, 0.2) is 0 Å². The SMILES string of the molecule is N#Cc1c(F)cccc1-c1cc2c(n(-c3cncc(F)c3)c1=O)COc1cccnc1-2.O=c1c(Br)cc2c(n1-c1cncc(F)c1)COc1cccnc1-2.[CH3-].[V]. The molecule has 1 aromatic carbocycles. The molecule has 277 valence electrons. The first kappa shape index (κ1) is 39.4. The molecule has 0 saturated heterocycles. The van der Waals surface area contributed by atoms with E-state index in [2.05, 4.69) is 35.9 Å². The Balaban J connectivity index is 0.000000191. The first-order valence-corrected chi connectivity index (χ1v) is 16.8. The molecule has 9 rings (SSSR count). The van der Waals surface area contributed by atoms with Crippen molar-refractivity contribution >= 4 is 15.9 Å². The number of aromatic nitrogens is 6. The van der Waals surface area contributed by atoms with Crippen LogP contribution in [-0.4, -0.2) is 29.1 Å². The first-order valence-electron chi connectivity index (χ1n) is 16.0. The van der Waals surface area contributed by atoms with Gasteiger partial charge in [0.2, 0.25) is 0 Å². The van der Waals surface area contributed by atoms with E-state index >= 15 is 0 Å². The number of nitrogens with zero attached hydrogens (tertiary/aromatic N) is 7.